The van der Waals surface area contributed by atoms with Crippen molar-refractivity contribution in [3.63, 3.8) is 0 Å². The summed E-state index contributed by atoms with van der Waals surface area (Å²) in [4.78, 5) is 42.7. The van der Waals surface area contributed by atoms with Crippen LogP contribution in [0.3, 0.4) is 0 Å². The minimum atomic E-state index is -0.788. The van der Waals surface area contributed by atoms with Gasteiger partial charge in [-0.15, -0.1) is 0 Å². The molecule has 7 nitrogen and oxygen atoms in total. The average Bonchev–Trinajstić information content (AvgIpc) is 3.18. The van der Waals surface area contributed by atoms with Crippen LogP contribution < -0.4 is 5.73 Å². The number of imide groups is 1. The Balaban J connectivity index is 1.78. The zero-order valence-corrected chi connectivity index (χ0v) is 16.6. The number of rotatable bonds is 6. The summed E-state index contributed by atoms with van der Waals surface area (Å²) in [5, 5.41) is 0. The van der Waals surface area contributed by atoms with Crippen LogP contribution in [0.25, 0.3) is 0 Å². The largest absolute Gasteiger partial charge is 0.368 e. The molecule has 0 aromatic rings. The number of likely N-dealkylation sites (tertiary alicyclic amines) is 1. The lowest BCUT2D eigenvalue weighted by molar-refractivity contribution is -0.138. The van der Waals surface area contributed by atoms with Gasteiger partial charge < -0.3 is 10.6 Å². The van der Waals surface area contributed by atoms with Gasteiger partial charge in [0.2, 0.25) is 5.91 Å². The van der Waals surface area contributed by atoms with Gasteiger partial charge in [-0.25, -0.2) is 4.79 Å². The van der Waals surface area contributed by atoms with E-state index >= 15 is 0 Å². The van der Waals surface area contributed by atoms with Gasteiger partial charge in [0.25, 0.3) is 5.91 Å². The lowest BCUT2D eigenvalue weighted by Gasteiger charge is -2.44. The Labute approximate surface area is 159 Å². The number of carbonyl (C=O) groups excluding carboxylic acids is 3. The SMILES string of the molecule is CC(C)CCN1C(=O)N(CC(N)=O)C(=O)C12CCN(C1CCSC1)CC2. The Morgan fingerprint density at radius 2 is 2.00 bits per heavy atom. The minimum Gasteiger partial charge on any atom is -0.368 e. The van der Waals surface area contributed by atoms with E-state index in [2.05, 4.69) is 18.7 Å². The number of piperidine rings is 1. The van der Waals surface area contributed by atoms with Crippen molar-refractivity contribution < 1.29 is 14.4 Å². The number of thioether (sulfide) groups is 1. The van der Waals surface area contributed by atoms with Gasteiger partial charge in [-0.05, 0) is 37.4 Å². The number of primary amides is 1. The Bertz CT molecular complexity index is 569. The number of nitrogens with two attached hydrogens (primary N) is 1. The Morgan fingerprint density at radius 3 is 2.54 bits per heavy atom. The third-order valence-electron chi connectivity index (χ3n) is 5.91. The van der Waals surface area contributed by atoms with Gasteiger partial charge in [-0.3, -0.25) is 19.4 Å². The molecule has 3 rings (SSSR count). The third-order valence-corrected chi connectivity index (χ3v) is 7.06. The Hall–Kier alpha value is -1.28. The molecule has 1 spiro atoms. The minimum absolute atomic E-state index is 0.231. The highest BCUT2D eigenvalue weighted by atomic mass is 32.2. The third kappa shape index (κ3) is 3.58. The van der Waals surface area contributed by atoms with Crippen molar-refractivity contribution >= 4 is 29.6 Å². The van der Waals surface area contributed by atoms with Gasteiger partial charge in [0.15, 0.2) is 0 Å². The van der Waals surface area contributed by atoms with E-state index in [0.29, 0.717) is 31.3 Å². The summed E-state index contributed by atoms with van der Waals surface area (Å²) in [6.07, 6.45) is 3.34. The quantitative estimate of drug-likeness (QED) is 0.696. The highest BCUT2D eigenvalue weighted by molar-refractivity contribution is 7.99. The van der Waals surface area contributed by atoms with Crippen molar-refractivity contribution in [2.45, 2.75) is 51.1 Å². The van der Waals surface area contributed by atoms with Crippen LogP contribution >= 0.6 is 11.8 Å². The Kier molecular flexibility index (Phi) is 5.81. The van der Waals surface area contributed by atoms with Crippen molar-refractivity contribution in [1.29, 1.82) is 0 Å². The van der Waals surface area contributed by atoms with Crippen molar-refractivity contribution in [2.75, 3.05) is 37.7 Å². The zero-order chi connectivity index (χ0) is 18.9. The van der Waals surface area contributed by atoms with Crippen molar-refractivity contribution in [1.82, 2.24) is 14.7 Å². The molecule has 146 valence electrons. The maximum atomic E-state index is 13.1. The second-order valence-electron chi connectivity index (χ2n) is 8.06. The first-order chi connectivity index (χ1) is 12.3. The highest BCUT2D eigenvalue weighted by Crippen LogP contribution is 2.39. The molecule has 3 fully saturated rings. The molecular weight excluding hydrogens is 352 g/mol. The van der Waals surface area contributed by atoms with Crippen molar-refractivity contribution in [2.24, 2.45) is 11.7 Å². The molecule has 26 heavy (non-hydrogen) atoms. The molecule has 3 aliphatic heterocycles. The molecule has 0 aromatic heterocycles. The first-order valence-electron chi connectivity index (χ1n) is 9.59. The molecule has 0 bridgehead atoms. The molecule has 0 saturated carbocycles. The molecule has 0 radical (unpaired) electrons. The van der Waals surface area contributed by atoms with Gasteiger partial charge in [0.05, 0.1) is 0 Å². The molecule has 0 aliphatic carbocycles. The summed E-state index contributed by atoms with van der Waals surface area (Å²) in [6.45, 7) is 6.10. The van der Waals surface area contributed by atoms with Crippen LogP contribution in [0, 0.1) is 5.92 Å². The predicted molar refractivity (Wildman–Crippen MR) is 102 cm³/mol. The van der Waals surface area contributed by atoms with Gasteiger partial charge in [0, 0.05) is 31.4 Å². The summed E-state index contributed by atoms with van der Waals surface area (Å²) in [5.74, 6) is 1.93. The fourth-order valence-electron chi connectivity index (χ4n) is 4.33. The fourth-order valence-corrected chi connectivity index (χ4v) is 5.58. The normalized spacial score (nSPS) is 26.5. The van der Waals surface area contributed by atoms with Crippen LogP contribution in [-0.4, -0.2) is 81.8 Å². The van der Waals surface area contributed by atoms with Gasteiger partial charge >= 0.3 is 6.03 Å². The van der Waals surface area contributed by atoms with E-state index in [1.54, 1.807) is 4.90 Å². The summed E-state index contributed by atoms with van der Waals surface area (Å²) >= 11 is 1.99. The fraction of sp³-hybridized carbons (Fsp3) is 0.833. The second-order valence-corrected chi connectivity index (χ2v) is 9.21. The second kappa shape index (κ2) is 7.76. The molecule has 0 aromatic carbocycles. The van der Waals surface area contributed by atoms with E-state index < -0.39 is 11.4 Å². The van der Waals surface area contributed by atoms with Crippen molar-refractivity contribution in [3.05, 3.63) is 0 Å². The standard InChI is InChI=1S/C18H30N4O3S/c1-13(2)3-7-22-17(25)21(11-15(19)23)16(24)18(22)5-8-20(9-6-18)14-4-10-26-12-14/h13-14H,3-12H2,1-2H3,(H2,19,23). The molecule has 2 N–H and O–H groups in total. The van der Waals surface area contributed by atoms with E-state index in [1.807, 2.05) is 11.8 Å². The number of nitrogens with zero attached hydrogens (tertiary/aromatic N) is 3. The summed E-state index contributed by atoms with van der Waals surface area (Å²) < 4.78 is 0. The van der Waals surface area contributed by atoms with Crippen LogP contribution in [0.5, 0.6) is 0 Å². The first kappa shape index (κ1) is 19.5. The van der Waals surface area contributed by atoms with Crippen LogP contribution in [0.15, 0.2) is 0 Å². The monoisotopic (exact) mass is 382 g/mol. The topological polar surface area (TPSA) is 87.0 Å². The van der Waals surface area contributed by atoms with Gasteiger partial charge in [-0.2, -0.15) is 11.8 Å². The average molecular weight is 383 g/mol. The number of urea groups is 1. The maximum Gasteiger partial charge on any atom is 0.328 e. The Morgan fingerprint density at radius 1 is 1.31 bits per heavy atom. The number of hydrogen-bond acceptors (Lipinski definition) is 5. The number of hydrogen-bond donors (Lipinski definition) is 1. The van der Waals surface area contributed by atoms with E-state index in [4.69, 9.17) is 5.73 Å². The summed E-state index contributed by atoms with van der Waals surface area (Å²) in [6, 6.07) is 0.245. The van der Waals surface area contributed by atoms with Gasteiger partial charge in [0.1, 0.15) is 12.1 Å². The molecule has 4 amide bonds. The van der Waals surface area contributed by atoms with Crippen LogP contribution in [0.2, 0.25) is 0 Å². The summed E-state index contributed by atoms with van der Waals surface area (Å²) in [5.41, 5.74) is 4.48. The van der Waals surface area contributed by atoms with E-state index in [-0.39, 0.29) is 18.5 Å². The molecule has 3 heterocycles. The number of amides is 4. The molecular formula is C18H30N4O3S. The lowest BCUT2D eigenvalue weighted by atomic mass is 9.85. The zero-order valence-electron chi connectivity index (χ0n) is 15.8. The van der Waals surface area contributed by atoms with Crippen molar-refractivity contribution in [3.8, 4) is 0 Å². The van der Waals surface area contributed by atoms with E-state index in [9.17, 15) is 14.4 Å². The number of carbonyl (C=O) groups is 3. The molecule has 1 unspecified atom stereocenters. The molecule has 1 atom stereocenters. The van der Waals surface area contributed by atoms with E-state index in [0.717, 1.165) is 30.2 Å². The van der Waals surface area contributed by atoms with Gasteiger partial charge in [-0.1, -0.05) is 13.8 Å². The van der Waals surface area contributed by atoms with Crippen LogP contribution in [0.4, 0.5) is 4.79 Å². The maximum absolute atomic E-state index is 13.1. The van der Waals surface area contributed by atoms with Crippen LogP contribution in [0.1, 0.15) is 39.5 Å². The predicted octanol–water partition coefficient (Wildman–Crippen LogP) is 1.12. The summed E-state index contributed by atoms with van der Waals surface area (Å²) in [7, 11) is 0. The molecule has 3 aliphatic rings. The lowest BCUT2D eigenvalue weighted by Crippen LogP contribution is -2.58. The first-order valence-corrected chi connectivity index (χ1v) is 10.7. The molecule has 8 heteroatoms. The molecule has 3 saturated heterocycles. The smallest absolute Gasteiger partial charge is 0.328 e. The highest BCUT2D eigenvalue weighted by Gasteiger charge is 2.58. The van der Waals surface area contributed by atoms with Crippen LogP contribution in [-0.2, 0) is 9.59 Å². The van der Waals surface area contributed by atoms with E-state index in [1.165, 1.54) is 12.2 Å².